The van der Waals surface area contributed by atoms with Crippen LogP contribution in [-0.2, 0) is 25.6 Å². The van der Waals surface area contributed by atoms with Gasteiger partial charge in [-0.3, -0.25) is 9.47 Å². The Morgan fingerprint density at radius 3 is 2.65 bits per heavy atom. The van der Waals surface area contributed by atoms with E-state index in [1.165, 1.54) is 0 Å². The summed E-state index contributed by atoms with van der Waals surface area (Å²) in [6.45, 7) is 3.87. The molecular formula is C33H36N6O7. The van der Waals surface area contributed by atoms with E-state index in [1.807, 2.05) is 42.5 Å². The van der Waals surface area contributed by atoms with Crippen molar-refractivity contribution in [3.63, 3.8) is 0 Å². The van der Waals surface area contributed by atoms with Crippen LogP contribution in [0.5, 0.6) is 6.01 Å². The first-order chi connectivity index (χ1) is 22.6. The molecule has 2 atom stereocenters. The van der Waals surface area contributed by atoms with Crippen molar-refractivity contribution in [2.75, 3.05) is 51.3 Å². The van der Waals surface area contributed by atoms with Crippen molar-refractivity contribution >= 4 is 44.9 Å². The molecule has 2 aromatic carbocycles. The van der Waals surface area contributed by atoms with Crippen molar-refractivity contribution in [2.45, 2.75) is 50.5 Å². The molecule has 7 heterocycles. The highest BCUT2D eigenvalue weighted by Crippen LogP contribution is 2.38. The quantitative estimate of drug-likeness (QED) is 0.283. The molecule has 9 rings (SSSR count). The number of carboxylic acid groups (broad SMARTS) is 1. The third-order valence-corrected chi connectivity index (χ3v) is 9.07. The molecule has 0 aliphatic carbocycles. The lowest BCUT2D eigenvalue weighted by Crippen LogP contribution is -2.37. The molecule has 1 N–H and O–H groups in total. The van der Waals surface area contributed by atoms with Crippen LogP contribution in [0.4, 0.5) is 5.82 Å². The van der Waals surface area contributed by atoms with Gasteiger partial charge in [0.2, 0.25) is 0 Å². The van der Waals surface area contributed by atoms with Crippen LogP contribution < -0.4 is 9.64 Å². The van der Waals surface area contributed by atoms with E-state index in [4.69, 9.17) is 38.3 Å². The van der Waals surface area contributed by atoms with Gasteiger partial charge in [0.25, 0.3) is 6.01 Å². The summed E-state index contributed by atoms with van der Waals surface area (Å²) in [5, 5.41) is 11.2. The molecule has 4 aliphatic heterocycles. The van der Waals surface area contributed by atoms with Crippen molar-refractivity contribution in [3.8, 4) is 6.01 Å². The zero-order valence-electron chi connectivity index (χ0n) is 25.4. The van der Waals surface area contributed by atoms with Crippen LogP contribution in [0.3, 0.4) is 0 Å². The average Bonchev–Trinajstić information content (AvgIpc) is 3.77. The second-order valence-corrected chi connectivity index (χ2v) is 12.1. The molecule has 0 amide bonds. The molecule has 2 fully saturated rings. The first-order valence-corrected chi connectivity index (χ1v) is 15.9. The standard InChI is InChI=1S/C33H36N6O7/c40-32(41)26-16-22-17-38(26)31-30-29(23-6-1-4-9-27(23)46-30)35-28(36-31)18-42-14-5-15-43-20-44-19-37-12-10-21(11-13-37)39-25-8-3-2-7-24(25)34-33(39)45-22/h1-4,6-9,21-22,26H,5,10-20H2,(H,40,41)/t22-,26-/m0/s1. The second kappa shape index (κ2) is 12.5. The van der Waals surface area contributed by atoms with Gasteiger partial charge in [-0.15, -0.1) is 0 Å². The van der Waals surface area contributed by atoms with Gasteiger partial charge in [0.1, 0.15) is 43.4 Å². The molecule has 0 unspecified atom stereocenters. The molecule has 13 nitrogen and oxygen atoms in total. The molecule has 46 heavy (non-hydrogen) atoms. The number of aliphatic carboxylic acids is 1. The average molecular weight is 629 g/mol. The molecular weight excluding hydrogens is 592 g/mol. The van der Waals surface area contributed by atoms with Gasteiger partial charge in [-0.25, -0.2) is 14.8 Å². The van der Waals surface area contributed by atoms with Gasteiger partial charge >= 0.3 is 5.97 Å². The number of fused-ring (bicyclic) bond motifs is 14. The lowest BCUT2D eigenvalue weighted by atomic mass is 10.1. The van der Waals surface area contributed by atoms with Gasteiger partial charge in [0.15, 0.2) is 17.2 Å². The fourth-order valence-electron chi connectivity index (χ4n) is 6.86. The number of carboxylic acids is 1. The molecule has 6 bridgehead atoms. The van der Waals surface area contributed by atoms with Crippen molar-refractivity contribution in [3.05, 3.63) is 54.4 Å². The summed E-state index contributed by atoms with van der Waals surface area (Å²) in [6, 6.07) is 15.5. The number of furan rings is 1. The number of hydrogen-bond donors (Lipinski definition) is 1. The van der Waals surface area contributed by atoms with E-state index in [2.05, 4.69) is 15.5 Å². The van der Waals surface area contributed by atoms with Crippen LogP contribution in [0.2, 0.25) is 0 Å². The molecule has 4 aliphatic rings. The third kappa shape index (κ3) is 5.53. The van der Waals surface area contributed by atoms with Gasteiger partial charge in [-0.1, -0.05) is 24.3 Å². The molecule has 3 aromatic heterocycles. The minimum absolute atomic E-state index is 0.158. The minimum Gasteiger partial charge on any atom is -0.480 e. The first kappa shape index (κ1) is 29.1. The molecule has 5 aromatic rings. The van der Waals surface area contributed by atoms with E-state index < -0.39 is 18.1 Å². The summed E-state index contributed by atoms with van der Waals surface area (Å²) in [4.78, 5) is 31.3. The van der Waals surface area contributed by atoms with Crippen molar-refractivity contribution in [1.29, 1.82) is 0 Å². The highest BCUT2D eigenvalue weighted by Gasteiger charge is 2.41. The number of nitrogens with zero attached hydrogens (tertiary/aromatic N) is 6. The molecule has 13 heteroatoms. The maximum Gasteiger partial charge on any atom is 0.326 e. The van der Waals surface area contributed by atoms with E-state index in [-0.39, 0.29) is 32.4 Å². The van der Waals surface area contributed by atoms with Crippen LogP contribution in [-0.4, -0.2) is 94.0 Å². The minimum atomic E-state index is -0.958. The Labute approximate surface area is 264 Å². The van der Waals surface area contributed by atoms with Gasteiger partial charge in [-0.05, 0) is 43.5 Å². The Balaban J connectivity index is 1.18. The van der Waals surface area contributed by atoms with E-state index >= 15 is 0 Å². The van der Waals surface area contributed by atoms with E-state index in [9.17, 15) is 9.90 Å². The van der Waals surface area contributed by atoms with E-state index in [1.54, 1.807) is 4.90 Å². The summed E-state index contributed by atoms with van der Waals surface area (Å²) in [5.41, 5.74) is 3.57. The zero-order valence-corrected chi connectivity index (χ0v) is 25.4. The summed E-state index contributed by atoms with van der Waals surface area (Å²) in [7, 11) is 0. The number of aromatic nitrogens is 4. The predicted molar refractivity (Wildman–Crippen MR) is 168 cm³/mol. The zero-order chi connectivity index (χ0) is 31.0. The Morgan fingerprint density at radius 1 is 0.935 bits per heavy atom. The number of anilines is 1. The number of imidazole rings is 1. The molecule has 240 valence electrons. The highest BCUT2D eigenvalue weighted by molar-refractivity contribution is 6.06. The fraction of sp³-hybridized carbons (Fsp3) is 0.455. The van der Waals surface area contributed by atoms with Crippen molar-refractivity contribution in [2.24, 2.45) is 0 Å². The molecule has 0 radical (unpaired) electrons. The Morgan fingerprint density at radius 2 is 1.76 bits per heavy atom. The van der Waals surface area contributed by atoms with Crippen molar-refractivity contribution < 1.29 is 33.3 Å². The Bertz CT molecular complexity index is 1870. The lowest BCUT2D eigenvalue weighted by Gasteiger charge is -2.33. The summed E-state index contributed by atoms with van der Waals surface area (Å²) >= 11 is 0. The Kier molecular flexibility index (Phi) is 7.90. The van der Waals surface area contributed by atoms with Crippen LogP contribution in [0.1, 0.15) is 37.5 Å². The summed E-state index contributed by atoms with van der Waals surface area (Å²) < 4.78 is 32.5. The van der Waals surface area contributed by atoms with Crippen molar-refractivity contribution in [1.82, 2.24) is 24.4 Å². The SMILES string of the molecule is O=C(O)[C@@H]1C[C@H]2CN1c1nc(nc3c1oc1ccccc13)COCCCOCOCN1CCC(CC1)n1c(nc3ccccc31)O2. The van der Waals surface area contributed by atoms with Crippen LogP contribution >= 0.6 is 0 Å². The lowest BCUT2D eigenvalue weighted by molar-refractivity contribution is -0.138. The van der Waals surface area contributed by atoms with Gasteiger partial charge in [-0.2, -0.15) is 4.98 Å². The number of piperidine rings is 1. The fourth-order valence-corrected chi connectivity index (χ4v) is 6.86. The normalized spacial score (nSPS) is 24.8. The number of hydrogen-bond acceptors (Lipinski definition) is 11. The number of rotatable bonds is 1. The summed E-state index contributed by atoms with van der Waals surface area (Å²) in [6.07, 6.45) is 2.30. The third-order valence-electron chi connectivity index (χ3n) is 9.07. The molecule has 0 saturated carbocycles. The van der Waals surface area contributed by atoms with Gasteiger partial charge < -0.3 is 33.4 Å². The summed E-state index contributed by atoms with van der Waals surface area (Å²) in [5.74, 6) is -0.0944. The molecule has 2 saturated heterocycles. The predicted octanol–water partition coefficient (Wildman–Crippen LogP) is 4.34. The maximum absolute atomic E-state index is 12.7. The number of benzene rings is 2. The monoisotopic (exact) mass is 628 g/mol. The highest BCUT2D eigenvalue weighted by atomic mass is 16.7. The smallest absolute Gasteiger partial charge is 0.326 e. The number of para-hydroxylation sites is 3. The van der Waals surface area contributed by atoms with Gasteiger partial charge in [0, 0.05) is 37.5 Å². The molecule has 0 spiro atoms. The second-order valence-electron chi connectivity index (χ2n) is 12.1. The number of ether oxygens (including phenoxy) is 4. The van der Waals surface area contributed by atoms with Crippen LogP contribution in [0.15, 0.2) is 52.9 Å². The van der Waals surface area contributed by atoms with Crippen LogP contribution in [0.25, 0.3) is 33.1 Å². The Hall–Kier alpha value is -4.30. The largest absolute Gasteiger partial charge is 0.480 e. The van der Waals surface area contributed by atoms with E-state index in [0.29, 0.717) is 60.7 Å². The first-order valence-electron chi connectivity index (χ1n) is 15.9. The topological polar surface area (TPSA) is 137 Å². The van der Waals surface area contributed by atoms with Gasteiger partial charge in [0.05, 0.1) is 24.2 Å². The van der Waals surface area contributed by atoms with Crippen LogP contribution in [0, 0.1) is 0 Å². The maximum atomic E-state index is 12.7. The number of carbonyl (C=O) groups is 1. The van der Waals surface area contributed by atoms with E-state index in [0.717, 1.165) is 42.4 Å².